The number of nitrogens with zero attached hydrogens (tertiary/aromatic N) is 3. The molecule has 3 aromatic rings. The molecule has 0 spiro atoms. The van der Waals surface area contributed by atoms with Crippen LogP contribution in [0.1, 0.15) is 20.8 Å². The zero-order chi connectivity index (χ0) is 16.2. The van der Waals surface area contributed by atoms with Crippen LogP contribution >= 0.6 is 11.5 Å². The first-order chi connectivity index (χ1) is 11.1. The Kier molecular flexibility index (Phi) is 4.48. The molecule has 3 rings (SSSR count). The van der Waals surface area contributed by atoms with Crippen LogP contribution in [0.3, 0.4) is 0 Å². The lowest BCUT2D eigenvalue weighted by Gasteiger charge is -2.16. The third-order valence-electron chi connectivity index (χ3n) is 3.62. The molecule has 4 nitrogen and oxygen atoms in total. The molecular formula is C18H17N3OS. The van der Waals surface area contributed by atoms with Crippen LogP contribution in [0.4, 0.5) is 0 Å². The molecule has 23 heavy (non-hydrogen) atoms. The number of hydrogen-bond donors (Lipinski definition) is 0. The summed E-state index contributed by atoms with van der Waals surface area (Å²) < 4.78 is 3.98. The Morgan fingerprint density at radius 2 is 1.78 bits per heavy atom. The zero-order valence-corrected chi connectivity index (χ0v) is 13.9. The van der Waals surface area contributed by atoms with Crippen molar-refractivity contribution in [3.8, 4) is 11.3 Å². The Morgan fingerprint density at radius 1 is 1.09 bits per heavy atom. The van der Waals surface area contributed by atoms with E-state index >= 15 is 0 Å². The Labute approximate surface area is 139 Å². The normalized spacial score (nSPS) is 10.5. The predicted molar refractivity (Wildman–Crippen MR) is 92.3 cm³/mol. The minimum absolute atomic E-state index is 0.0561. The predicted octanol–water partition coefficient (Wildman–Crippen LogP) is 3.79. The van der Waals surface area contributed by atoms with Gasteiger partial charge in [0, 0.05) is 19.2 Å². The molecule has 2 aromatic carbocycles. The van der Waals surface area contributed by atoms with Crippen LogP contribution in [0.2, 0.25) is 0 Å². The number of hydrogen-bond acceptors (Lipinski definition) is 4. The van der Waals surface area contributed by atoms with Crippen LogP contribution in [0, 0.1) is 6.92 Å². The summed E-state index contributed by atoms with van der Waals surface area (Å²) in [6.45, 7) is 2.59. The molecule has 1 aromatic heterocycles. The molecule has 1 heterocycles. The molecule has 0 N–H and O–H groups in total. The molecule has 0 aliphatic carbocycles. The van der Waals surface area contributed by atoms with Crippen molar-refractivity contribution in [2.75, 3.05) is 7.05 Å². The van der Waals surface area contributed by atoms with E-state index in [9.17, 15) is 4.79 Å². The van der Waals surface area contributed by atoms with E-state index in [1.807, 2.05) is 61.5 Å². The van der Waals surface area contributed by atoms with Gasteiger partial charge in [0.2, 0.25) is 0 Å². The first kappa shape index (κ1) is 15.4. The highest BCUT2D eigenvalue weighted by Crippen LogP contribution is 2.25. The van der Waals surface area contributed by atoms with Crippen LogP contribution in [0.25, 0.3) is 11.3 Å². The number of benzene rings is 2. The number of amides is 1. The molecule has 0 unspecified atom stereocenters. The molecule has 0 fully saturated rings. The summed E-state index contributed by atoms with van der Waals surface area (Å²) in [6, 6.07) is 17.9. The standard InChI is InChI=1S/C18H17N3OS/c1-13-8-10-15(11-9-13)16-17(23-20-19-16)18(22)21(2)12-14-6-4-3-5-7-14/h3-11H,12H2,1-2H3. The summed E-state index contributed by atoms with van der Waals surface area (Å²) in [5.74, 6) is -0.0561. The van der Waals surface area contributed by atoms with E-state index < -0.39 is 0 Å². The molecular weight excluding hydrogens is 306 g/mol. The first-order valence-corrected chi connectivity index (χ1v) is 8.11. The second kappa shape index (κ2) is 6.71. The van der Waals surface area contributed by atoms with Gasteiger partial charge in [-0.3, -0.25) is 4.79 Å². The van der Waals surface area contributed by atoms with Crippen molar-refractivity contribution in [2.45, 2.75) is 13.5 Å². The van der Waals surface area contributed by atoms with Crippen molar-refractivity contribution in [1.82, 2.24) is 14.5 Å². The molecule has 0 saturated heterocycles. The highest BCUT2D eigenvalue weighted by molar-refractivity contribution is 7.08. The lowest BCUT2D eigenvalue weighted by atomic mass is 10.1. The number of aromatic nitrogens is 2. The second-order valence-corrected chi connectivity index (χ2v) is 6.22. The van der Waals surface area contributed by atoms with Gasteiger partial charge in [-0.25, -0.2) is 0 Å². The molecule has 0 bridgehead atoms. The van der Waals surface area contributed by atoms with Crippen molar-refractivity contribution >= 4 is 17.4 Å². The average molecular weight is 323 g/mol. The zero-order valence-electron chi connectivity index (χ0n) is 13.1. The number of carbonyl (C=O) groups excluding carboxylic acids is 1. The topological polar surface area (TPSA) is 46.1 Å². The van der Waals surface area contributed by atoms with E-state index in [0.29, 0.717) is 17.1 Å². The maximum Gasteiger partial charge on any atom is 0.267 e. The first-order valence-electron chi connectivity index (χ1n) is 7.34. The number of rotatable bonds is 4. The Morgan fingerprint density at radius 3 is 2.48 bits per heavy atom. The van der Waals surface area contributed by atoms with Gasteiger partial charge >= 0.3 is 0 Å². The van der Waals surface area contributed by atoms with Crippen molar-refractivity contribution in [1.29, 1.82) is 0 Å². The SMILES string of the molecule is Cc1ccc(-c2nnsc2C(=O)N(C)Cc2ccccc2)cc1. The van der Waals surface area contributed by atoms with Crippen molar-refractivity contribution in [3.63, 3.8) is 0 Å². The molecule has 0 aliphatic rings. The van der Waals surface area contributed by atoms with Crippen LogP contribution < -0.4 is 0 Å². The van der Waals surface area contributed by atoms with Gasteiger partial charge in [0.05, 0.1) is 0 Å². The van der Waals surface area contributed by atoms with Crippen LogP contribution in [-0.4, -0.2) is 27.4 Å². The molecule has 0 radical (unpaired) electrons. The summed E-state index contributed by atoms with van der Waals surface area (Å²) in [5.41, 5.74) is 3.84. The minimum Gasteiger partial charge on any atom is -0.337 e. The largest absolute Gasteiger partial charge is 0.337 e. The van der Waals surface area contributed by atoms with E-state index in [2.05, 4.69) is 9.59 Å². The summed E-state index contributed by atoms with van der Waals surface area (Å²) in [4.78, 5) is 15.0. The van der Waals surface area contributed by atoms with E-state index in [0.717, 1.165) is 22.7 Å². The number of carbonyl (C=O) groups is 1. The van der Waals surface area contributed by atoms with E-state index in [1.165, 1.54) is 5.56 Å². The van der Waals surface area contributed by atoms with Gasteiger partial charge in [-0.15, -0.1) is 5.10 Å². The van der Waals surface area contributed by atoms with Gasteiger partial charge in [-0.1, -0.05) is 64.6 Å². The van der Waals surface area contributed by atoms with E-state index in [4.69, 9.17) is 0 Å². The van der Waals surface area contributed by atoms with Crippen molar-refractivity contribution in [3.05, 3.63) is 70.6 Å². The maximum absolute atomic E-state index is 12.7. The minimum atomic E-state index is -0.0561. The van der Waals surface area contributed by atoms with Crippen LogP contribution in [-0.2, 0) is 6.54 Å². The summed E-state index contributed by atoms with van der Waals surface area (Å²) in [6.07, 6.45) is 0. The molecule has 0 atom stereocenters. The lowest BCUT2D eigenvalue weighted by molar-refractivity contribution is 0.0790. The van der Waals surface area contributed by atoms with Crippen molar-refractivity contribution in [2.24, 2.45) is 0 Å². The molecule has 1 amide bonds. The fourth-order valence-corrected chi connectivity index (χ4v) is 3.02. The van der Waals surface area contributed by atoms with Crippen LogP contribution in [0.5, 0.6) is 0 Å². The molecule has 5 heteroatoms. The Hall–Kier alpha value is -2.53. The summed E-state index contributed by atoms with van der Waals surface area (Å²) in [5, 5.41) is 4.15. The quantitative estimate of drug-likeness (QED) is 0.734. The lowest BCUT2D eigenvalue weighted by Crippen LogP contribution is -2.25. The third kappa shape index (κ3) is 3.46. The molecule has 0 saturated carbocycles. The van der Waals surface area contributed by atoms with Crippen LogP contribution in [0.15, 0.2) is 54.6 Å². The maximum atomic E-state index is 12.7. The van der Waals surface area contributed by atoms with E-state index in [-0.39, 0.29) is 5.91 Å². The van der Waals surface area contributed by atoms with Gasteiger partial charge in [0.25, 0.3) is 5.91 Å². The molecule has 116 valence electrons. The Balaban J connectivity index is 1.83. The monoisotopic (exact) mass is 323 g/mol. The van der Waals surface area contributed by atoms with E-state index in [1.54, 1.807) is 11.9 Å². The van der Waals surface area contributed by atoms with Gasteiger partial charge in [-0.2, -0.15) is 0 Å². The van der Waals surface area contributed by atoms with Gasteiger partial charge in [0.1, 0.15) is 10.6 Å². The van der Waals surface area contributed by atoms with Crippen molar-refractivity contribution < 1.29 is 4.79 Å². The smallest absolute Gasteiger partial charge is 0.267 e. The van der Waals surface area contributed by atoms with Gasteiger partial charge in [-0.05, 0) is 24.0 Å². The fraction of sp³-hybridized carbons (Fsp3) is 0.167. The van der Waals surface area contributed by atoms with Gasteiger partial charge in [0.15, 0.2) is 0 Å². The third-order valence-corrected chi connectivity index (χ3v) is 4.33. The van der Waals surface area contributed by atoms with Gasteiger partial charge < -0.3 is 4.90 Å². The summed E-state index contributed by atoms with van der Waals surface area (Å²) >= 11 is 1.14. The highest BCUT2D eigenvalue weighted by Gasteiger charge is 2.21. The fourth-order valence-electron chi connectivity index (χ4n) is 2.33. The average Bonchev–Trinajstić information content (AvgIpc) is 3.05. The second-order valence-electron chi connectivity index (χ2n) is 5.46. The summed E-state index contributed by atoms with van der Waals surface area (Å²) in [7, 11) is 1.80. The Bertz CT molecular complexity index is 797. The molecule has 0 aliphatic heterocycles. The highest BCUT2D eigenvalue weighted by atomic mass is 32.1. The number of aryl methyl sites for hydroxylation is 1.